The van der Waals surface area contributed by atoms with Crippen molar-refractivity contribution in [1.29, 1.82) is 0 Å². The van der Waals surface area contributed by atoms with Gasteiger partial charge in [0, 0.05) is 24.3 Å². The first-order valence-electron chi connectivity index (χ1n) is 8.18. The molecule has 0 bridgehead atoms. The van der Waals surface area contributed by atoms with Gasteiger partial charge in [0.05, 0.1) is 0 Å². The Balaban J connectivity index is 1.47. The summed E-state index contributed by atoms with van der Waals surface area (Å²) in [5.74, 6) is 2.28. The Kier molecular flexibility index (Phi) is 3.48. The molecule has 5 nitrogen and oxygen atoms in total. The normalized spacial score (nSPS) is 20.8. The molecule has 1 aromatic heterocycles. The second kappa shape index (κ2) is 5.65. The largest absolute Gasteiger partial charge is 0.358 e. The Hall–Kier alpha value is -2.43. The maximum atomic E-state index is 12.6. The number of amides is 1. The van der Waals surface area contributed by atoms with E-state index in [4.69, 9.17) is 0 Å². The van der Waals surface area contributed by atoms with E-state index in [1.54, 1.807) is 6.20 Å². The molecule has 1 aliphatic carbocycles. The van der Waals surface area contributed by atoms with Gasteiger partial charge in [-0.1, -0.05) is 17.7 Å². The molecule has 1 N–H and O–H groups in total. The van der Waals surface area contributed by atoms with Crippen LogP contribution in [0.4, 0.5) is 11.5 Å². The highest BCUT2D eigenvalue weighted by molar-refractivity contribution is 6.00. The van der Waals surface area contributed by atoms with E-state index in [0.29, 0.717) is 5.92 Å². The molecule has 1 saturated heterocycles. The fourth-order valence-electron chi connectivity index (χ4n) is 2.97. The summed E-state index contributed by atoms with van der Waals surface area (Å²) in [5, 5.41) is 3.28. The quantitative estimate of drug-likeness (QED) is 0.943. The van der Waals surface area contributed by atoms with E-state index >= 15 is 0 Å². The SMILES string of the molecule is Cc1ccc(N2CCC(Nc3ccnc(C4CC4)n3)C2=O)cc1. The van der Waals surface area contributed by atoms with Crippen molar-refractivity contribution in [2.24, 2.45) is 0 Å². The van der Waals surface area contributed by atoms with E-state index in [1.165, 1.54) is 18.4 Å². The van der Waals surface area contributed by atoms with E-state index < -0.39 is 0 Å². The summed E-state index contributed by atoms with van der Waals surface area (Å²) >= 11 is 0. The van der Waals surface area contributed by atoms with E-state index in [9.17, 15) is 4.79 Å². The second-order valence-electron chi connectivity index (χ2n) is 6.39. The molecular formula is C18H20N4O. The average Bonchev–Trinajstić information content (AvgIpc) is 3.35. The molecule has 0 spiro atoms. The molecule has 23 heavy (non-hydrogen) atoms. The number of carbonyl (C=O) groups excluding carboxylic acids is 1. The van der Waals surface area contributed by atoms with Crippen molar-refractivity contribution in [2.45, 2.75) is 38.1 Å². The van der Waals surface area contributed by atoms with Crippen molar-refractivity contribution in [3.05, 3.63) is 47.9 Å². The summed E-state index contributed by atoms with van der Waals surface area (Å²) in [5.41, 5.74) is 2.16. The third kappa shape index (κ3) is 2.91. The summed E-state index contributed by atoms with van der Waals surface area (Å²) in [6.45, 7) is 2.78. The summed E-state index contributed by atoms with van der Waals surface area (Å²) in [7, 11) is 0. The van der Waals surface area contributed by atoms with Crippen LogP contribution in [-0.2, 0) is 4.79 Å². The number of aromatic nitrogens is 2. The van der Waals surface area contributed by atoms with Gasteiger partial charge in [-0.3, -0.25) is 4.79 Å². The molecule has 1 amide bonds. The van der Waals surface area contributed by atoms with Gasteiger partial charge in [-0.25, -0.2) is 9.97 Å². The van der Waals surface area contributed by atoms with Crippen molar-refractivity contribution in [1.82, 2.24) is 9.97 Å². The zero-order valence-corrected chi connectivity index (χ0v) is 13.2. The fourth-order valence-corrected chi connectivity index (χ4v) is 2.97. The molecule has 0 radical (unpaired) electrons. The van der Waals surface area contributed by atoms with Crippen molar-refractivity contribution >= 4 is 17.4 Å². The van der Waals surface area contributed by atoms with Crippen LogP contribution in [0.15, 0.2) is 36.5 Å². The first-order valence-corrected chi connectivity index (χ1v) is 8.18. The fraction of sp³-hybridized carbons (Fsp3) is 0.389. The highest BCUT2D eigenvalue weighted by Gasteiger charge is 2.33. The van der Waals surface area contributed by atoms with Crippen LogP contribution in [-0.4, -0.2) is 28.5 Å². The van der Waals surface area contributed by atoms with Crippen LogP contribution >= 0.6 is 0 Å². The number of benzene rings is 1. The standard InChI is InChI=1S/C18H20N4O/c1-12-2-6-14(7-3-12)22-11-9-15(18(22)23)20-16-8-10-19-17(21-16)13-4-5-13/h2-3,6-8,10,13,15H,4-5,9,11H2,1H3,(H,19,20,21). The lowest BCUT2D eigenvalue weighted by Gasteiger charge is -2.17. The zero-order valence-electron chi connectivity index (χ0n) is 13.2. The van der Waals surface area contributed by atoms with E-state index in [1.807, 2.05) is 42.2 Å². The molecule has 1 atom stereocenters. The summed E-state index contributed by atoms with van der Waals surface area (Å²) in [6, 6.07) is 9.72. The van der Waals surface area contributed by atoms with E-state index in [-0.39, 0.29) is 11.9 Å². The monoisotopic (exact) mass is 308 g/mol. The predicted octanol–water partition coefficient (Wildman–Crippen LogP) is 2.88. The lowest BCUT2D eigenvalue weighted by atomic mass is 10.2. The topological polar surface area (TPSA) is 58.1 Å². The highest BCUT2D eigenvalue weighted by Crippen LogP contribution is 2.38. The van der Waals surface area contributed by atoms with E-state index in [2.05, 4.69) is 15.3 Å². The third-order valence-corrected chi connectivity index (χ3v) is 4.49. The number of rotatable bonds is 4. The first-order chi connectivity index (χ1) is 11.2. The number of nitrogens with one attached hydrogen (secondary N) is 1. The molecule has 1 unspecified atom stereocenters. The Morgan fingerprint density at radius 3 is 2.65 bits per heavy atom. The van der Waals surface area contributed by atoms with Gasteiger partial charge in [0.1, 0.15) is 17.7 Å². The molecular weight excluding hydrogens is 288 g/mol. The maximum Gasteiger partial charge on any atom is 0.249 e. The molecule has 4 rings (SSSR count). The van der Waals surface area contributed by atoms with Gasteiger partial charge in [0.25, 0.3) is 0 Å². The summed E-state index contributed by atoms with van der Waals surface area (Å²) in [4.78, 5) is 23.4. The van der Waals surface area contributed by atoms with Gasteiger partial charge < -0.3 is 10.2 Å². The highest BCUT2D eigenvalue weighted by atomic mass is 16.2. The molecule has 1 aliphatic heterocycles. The lowest BCUT2D eigenvalue weighted by molar-refractivity contribution is -0.117. The second-order valence-corrected chi connectivity index (χ2v) is 6.39. The molecule has 1 aromatic carbocycles. The van der Waals surface area contributed by atoms with Crippen LogP contribution in [0.2, 0.25) is 0 Å². The maximum absolute atomic E-state index is 12.6. The lowest BCUT2D eigenvalue weighted by Crippen LogP contribution is -2.33. The van der Waals surface area contributed by atoms with Crippen LogP contribution in [0.25, 0.3) is 0 Å². The van der Waals surface area contributed by atoms with Crippen LogP contribution < -0.4 is 10.2 Å². The van der Waals surface area contributed by atoms with Gasteiger partial charge in [-0.2, -0.15) is 0 Å². The number of nitrogens with zero attached hydrogens (tertiary/aromatic N) is 3. The van der Waals surface area contributed by atoms with Crippen molar-refractivity contribution in [2.75, 3.05) is 16.8 Å². The van der Waals surface area contributed by atoms with Gasteiger partial charge in [0.15, 0.2) is 0 Å². The number of anilines is 2. The zero-order chi connectivity index (χ0) is 15.8. The molecule has 2 aliphatic rings. The van der Waals surface area contributed by atoms with E-state index in [0.717, 1.165) is 30.3 Å². The first kappa shape index (κ1) is 14.2. The number of hydrogen-bond acceptors (Lipinski definition) is 4. The van der Waals surface area contributed by atoms with Crippen LogP contribution in [0, 0.1) is 6.92 Å². The van der Waals surface area contributed by atoms with Crippen molar-refractivity contribution < 1.29 is 4.79 Å². The van der Waals surface area contributed by atoms with Gasteiger partial charge >= 0.3 is 0 Å². The molecule has 1 saturated carbocycles. The Bertz CT molecular complexity index is 724. The molecule has 5 heteroatoms. The predicted molar refractivity (Wildman–Crippen MR) is 89.6 cm³/mol. The Morgan fingerprint density at radius 2 is 1.91 bits per heavy atom. The molecule has 2 heterocycles. The van der Waals surface area contributed by atoms with Crippen LogP contribution in [0.3, 0.4) is 0 Å². The average molecular weight is 308 g/mol. The summed E-state index contributed by atoms with van der Waals surface area (Å²) in [6.07, 6.45) is 4.91. The van der Waals surface area contributed by atoms with Crippen LogP contribution in [0.5, 0.6) is 0 Å². The third-order valence-electron chi connectivity index (χ3n) is 4.49. The van der Waals surface area contributed by atoms with Crippen molar-refractivity contribution in [3.8, 4) is 0 Å². The minimum atomic E-state index is -0.210. The van der Waals surface area contributed by atoms with Crippen molar-refractivity contribution in [3.63, 3.8) is 0 Å². The summed E-state index contributed by atoms with van der Waals surface area (Å²) < 4.78 is 0. The molecule has 118 valence electrons. The smallest absolute Gasteiger partial charge is 0.249 e. The number of hydrogen-bond donors (Lipinski definition) is 1. The minimum Gasteiger partial charge on any atom is -0.358 e. The van der Waals surface area contributed by atoms with Gasteiger partial charge in [0.2, 0.25) is 5.91 Å². The Morgan fingerprint density at radius 1 is 1.13 bits per heavy atom. The minimum absolute atomic E-state index is 0.112. The molecule has 2 aromatic rings. The van der Waals surface area contributed by atoms with Gasteiger partial charge in [-0.15, -0.1) is 0 Å². The Labute approximate surface area is 135 Å². The van der Waals surface area contributed by atoms with Crippen LogP contribution in [0.1, 0.15) is 36.6 Å². The number of carbonyl (C=O) groups is 1. The number of aryl methyl sites for hydroxylation is 1. The van der Waals surface area contributed by atoms with Gasteiger partial charge in [-0.05, 0) is 44.4 Å². The molecule has 2 fully saturated rings.